The van der Waals surface area contributed by atoms with Gasteiger partial charge in [0.1, 0.15) is 5.69 Å². The normalized spacial score (nSPS) is 14.1. The number of carbonyl (C=O) groups is 1. The molecule has 11 heteroatoms. The lowest BCUT2D eigenvalue weighted by molar-refractivity contribution is -0.123. The van der Waals surface area contributed by atoms with E-state index in [0.29, 0.717) is 39.9 Å². The summed E-state index contributed by atoms with van der Waals surface area (Å²) in [6, 6.07) is 12.6. The van der Waals surface area contributed by atoms with Crippen molar-refractivity contribution in [2.24, 2.45) is 0 Å². The average Bonchev–Trinajstić information content (AvgIpc) is 3.29. The second kappa shape index (κ2) is 11.3. The molecule has 1 amide bonds. The number of fused-ring (bicyclic) bond motifs is 1. The van der Waals surface area contributed by atoms with Gasteiger partial charge in [0, 0.05) is 43.1 Å². The van der Waals surface area contributed by atoms with Gasteiger partial charge in [-0.3, -0.25) is 18.9 Å². The van der Waals surface area contributed by atoms with Crippen molar-refractivity contribution >= 4 is 23.2 Å². The predicted molar refractivity (Wildman–Crippen MR) is 144 cm³/mol. The maximum Gasteiger partial charge on any atom is 0.267 e. The number of nitrogens with zero attached hydrogens (tertiary/aromatic N) is 5. The smallest absolute Gasteiger partial charge is 0.267 e. The average molecular weight is 537 g/mol. The fraction of sp³-hybridized carbons (Fsp3) is 0.333. The van der Waals surface area contributed by atoms with Gasteiger partial charge in [-0.05, 0) is 50.2 Å². The fourth-order valence-corrected chi connectivity index (χ4v) is 4.67. The molecule has 3 aromatic heterocycles. The van der Waals surface area contributed by atoms with Gasteiger partial charge in [0.2, 0.25) is 0 Å². The van der Waals surface area contributed by atoms with E-state index in [1.807, 2.05) is 31.2 Å². The molecule has 4 heterocycles. The molecule has 1 aromatic carbocycles. The van der Waals surface area contributed by atoms with Crippen molar-refractivity contribution in [3.05, 3.63) is 75.4 Å². The van der Waals surface area contributed by atoms with E-state index >= 15 is 0 Å². The fourth-order valence-electron chi connectivity index (χ4n) is 4.49. The highest BCUT2D eigenvalue weighted by molar-refractivity contribution is 6.30. The van der Waals surface area contributed by atoms with E-state index in [1.54, 1.807) is 36.0 Å². The minimum absolute atomic E-state index is 0.178. The van der Waals surface area contributed by atoms with Crippen molar-refractivity contribution < 1.29 is 14.3 Å². The molecule has 1 aliphatic rings. The van der Waals surface area contributed by atoms with Gasteiger partial charge in [0.25, 0.3) is 11.5 Å². The zero-order valence-corrected chi connectivity index (χ0v) is 22.1. The van der Waals surface area contributed by atoms with Crippen LogP contribution >= 0.6 is 11.6 Å². The number of hydrogen-bond donors (Lipinski definition) is 1. The Labute approximate surface area is 224 Å². The van der Waals surface area contributed by atoms with E-state index in [4.69, 9.17) is 21.1 Å². The van der Waals surface area contributed by atoms with Crippen LogP contribution in [0, 0.1) is 13.8 Å². The van der Waals surface area contributed by atoms with Crippen LogP contribution in [0.5, 0.6) is 5.75 Å². The minimum Gasteiger partial charge on any atom is -0.480 e. The molecule has 5 rings (SSSR count). The molecule has 0 unspecified atom stereocenters. The number of morpholine rings is 1. The number of benzene rings is 1. The predicted octanol–water partition coefficient (Wildman–Crippen LogP) is 2.64. The topological polar surface area (TPSA) is 103 Å². The summed E-state index contributed by atoms with van der Waals surface area (Å²) in [7, 11) is 0. The van der Waals surface area contributed by atoms with Gasteiger partial charge in [-0.25, -0.2) is 9.67 Å². The number of halogens is 1. The second-order valence-electron chi connectivity index (χ2n) is 9.10. The number of hydrogen-bond acceptors (Lipinski definition) is 7. The number of nitrogens with one attached hydrogen (secondary N) is 1. The van der Waals surface area contributed by atoms with E-state index in [-0.39, 0.29) is 18.1 Å². The molecule has 1 aliphatic heterocycles. The van der Waals surface area contributed by atoms with E-state index in [9.17, 15) is 9.59 Å². The first-order chi connectivity index (χ1) is 18.4. The molecule has 1 N–H and O–H groups in total. The highest BCUT2D eigenvalue weighted by atomic mass is 35.5. The Balaban J connectivity index is 1.34. The lowest BCUT2D eigenvalue weighted by atomic mass is 10.1. The van der Waals surface area contributed by atoms with Crippen LogP contribution in [0.2, 0.25) is 5.02 Å². The third-order valence-electron chi connectivity index (χ3n) is 6.41. The highest BCUT2D eigenvalue weighted by Crippen LogP contribution is 2.24. The molecule has 4 aromatic rings. The number of aryl methyl sites for hydroxylation is 2. The number of ether oxygens (including phenoxy) is 2. The van der Waals surface area contributed by atoms with Crippen molar-refractivity contribution in [1.82, 2.24) is 29.4 Å². The highest BCUT2D eigenvalue weighted by Gasteiger charge is 2.19. The van der Waals surface area contributed by atoms with E-state index in [1.165, 1.54) is 4.40 Å². The Morgan fingerprint density at radius 1 is 1.16 bits per heavy atom. The Morgan fingerprint density at radius 2 is 1.97 bits per heavy atom. The lowest BCUT2D eigenvalue weighted by Crippen LogP contribution is -2.42. The van der Waals surface area contributed by atoms with E-state index < -0.39 is 0 Å². The number of pyridine rings is 1. The first-order valence-electron chi connectivity index (χ1n) is 12.5. The number of carbonyl (C=O) groups excluding carboxylic acids is 1. The molecule has 0 saturated carbocycles. The van der Waals surface area contributed by atoms with E-state index in [2.05, 4.69) is 20.3 Å². The van der Waals surface area contributed by atoms with Crippen LogP contribution in [0.4, 0.5) is 0 Å². The summed E-state index contributed by atoms with van der Waals surface area (Å²) >= 11 is 6.16. The molecular formula is C27H29ClN6O4. The Bertz CT molecular complexity index is 1530. The van der Waals surface area contributed by atoms with Crippen LogP contribution < -0.4 is 15.6 Å². The molecule has 0 bridgehead atoms. The monoisotopic (exact) mass is 536 g/mol. The SMILES string of the molecule is Cc1nc2c(OCC(=O)NCCN3CCOCC3)cccn2c(=O)c1-c1cc(C)n(-c2cccc(Cl)c2)n1. The third-order valence-corrected chi connectivity index (χ3v) is 6.64. The van der Waals surface area contributed by atoms with Gasteiger partial charge < -0.3 is 14.8 Å². The maximum absolute atomic E-state index is 13.5. The largest absolute Gasteiger partial charge is 0.480 e. The lowest BCUT2D eigenvalue weighted by Gasteiger charge is -2.26. The van der Waals surface area contributed by atoms with Gasteiger partial charge in [0.05, 0.1) is 30.2 Å². The molecule has 0 aliphatic carbocycles. The molecule has 0 radical (unpaired) electrons. The summed E-state index contributed by atoms with van der Waals surface area (Å²) in [5.74, 6) is 0.112. The molecule has 38 heavy (non-hydrogen) atoms. The van der Waals surface area contributed by atoms with Crippen LogP contribution in [0.3, 0.4) is 0 Å². The molecule has 1 saturated heterocycles. The summed E-state index contributed by atoms with van der Waals surface area (Å²) in [6.07, 6.45) is 1.63. The third kappa shape index (κ3) is 5.57. The van der Waals surface area contributed by atoms with Crippen LogP contribution in [0.15, 0.2) is 53.5 Å². The molecule has 198 valence electrons. The second-order valence-corrected chi connectivity index (χ2v) is 9.54. The Kier molecular flexibility index (Phi) is 7.73. The quantitative estimate of drug-likeness (QED) is 0.369. The van der Waals surface area contributed by atoms with Crippen LogP contribution in [-0.2, 0) is 9.53 Å². The van der Waals surface area contributed by atoms with Gasteiger partial charge in [-0.1, -0.05) is 17.7 Å². The maximum atomic E-state index is 13.5. The van der Waals surface area contributed by atoms with Crippen LogP contribution in [0.25, 0.3) is 22.6 Å². The first-order valence-corrected chi connectivity index (χ1v) is 12.8. The number of amides is 1. The van der Waals surface area contributed by atoms with Crippen molar-refractivity contribution in [3.63, 3.8) is 0 Å². The van der Waals surface area contributed by atoms with Crippen molar-refractivity contribution in [2.75, 3.05) is 46.0 Å². The zero-order chi connectivity index (χ0) is 26.6. The van der Waals surface area contributed by atoms with Gasteiger partial charge in [-0.2, -0.15) is 5.10 Å². The van der Waals surface area contributed by atoms with Crippen molar-refractivity contribution in [3.8, 4) is 22.7 Å². The van der Waals surface area contributed by atoms with E-state index in [0.717, 1.165) is 44.2 Å². The standard InChI is InChI=1S/C27H29ClN6O4/c1-18-15-22(31-34(18)21-6-3-5-20(28)16-21)25-19(2)30-26-23(7-4-9-33(26)27(25)36)38-17-24(35)29-8-10-32-11-13-37-14-12-32/h3-7,9,15-16H,8,10-14,17H2,1-2H3,(H,29,35). The summed E-state index contributed by atoms with van der Waals surface area (Å²) in [4.78, 5) is 32.8. The summed E-state index contributed by atoms with van der Waals surface area (Å²) in [5, 5.41) is 8.14. The van der Waals surface area contributed by atoms with Gasteiger partial charge in [-0.15, -0.1) is 0 Å². The van der Waals surface area contributed by atoms with Crippen molar-refractivity contribution in [1.29, 1.82) is 0 Å². The summed E-state index contributed by atoms with van der Waals surface area (Å²) in [5.41, 5.74) is 3.13. The number of aromatic nitrogens is 4. The molecular weight excluding hydrogens is 508 g/mol. The Hall–Kier alpha value is -3.73. The van der Waals surface area contributed by atoms with Gasteiger partial charge >= 0.3 is 0 Å². The summed E-state index contributed by atoms with van der Waals surface area (Å²) in [6.45, 7) is 7.95. The van der Waals surface area contributed by atoms with Gasteiger partial charge in [0.15, 0.2) is 18.0 Å². The van der Waals surface area contributed by atoms with Crippen LogP contribution in [0.1, 0.15) is 11.4 Å². The minimum atomic E-state index is -0.274. The molecule has 1 fully saturated rings. The zero-order valence-electron chi connectivity index (χ0n) is 21.3. The molecule has 10 nitrogen and oxygen atoms in total. The summed E-state index contributed by atoms with van der Waals surface area (Å²) < 4.78 is 14.3. The van der Waals surface area contributed by atoms with Crippen molar-refractivity contribution in [2.45, 2.75) is 13.8 Å². The first kappa shape index (κ1) is 25.9. The molecule has 0 spiro atoms. The van der Waals surface area contributed by atoms with Crippen LogP contribution in [-0.4, -0.2) is 76.0 Å². The number of rotatable bonds is 8. The molecule has 0 atom stereocenters. The Morgan fingerprint density at radius 3 is 2.76 bits per heavy atom.